The summed E-state index contributed by atoms with van der Waals surface area (Å²) in [6, 6.07) is 12.4. The molecule has 1 aromatic carbocycles. The molecule has 0 radical (unpaired) electrons. The highest BCUT2D eigenvalue weighted by Crippen LogP contribution is 2.27. The van der Waals surface area contributed by atoms with Gasteiger partial charge in [0.05, 0.1) is 5.92 Å². The van der Waals surface area contributed by atoms with Crippen molar-refractivity contribution in [2.75, 3.05) is 19.7 Å². The van der Waals surface area contributed by atoms with Crippen LogP contribution in [-0.2, 0) is 17.8 Å². The highest BCUT2D eigenvalue weighted by atomic mass is 16.5. The van der Waals surface area contributed by atoms with E-state index in [4.69, 9.17) is 4.74 Å². The molecule has 3 heterocycles. The van der Waals surface area contributed by atoms with Crippen molar-refractivity contribution in [1.82, 2.24) is 15.2 Å². The van der Waals surface area contributed by atoms with Gasteiger partial charge in [0.25, 0.3) is 0 Å². The lowest BCUT2D eigenvalue weighted by molar-refractivity contribution is -0.127. The molecule has 0 aliphatic carbocycles. The summed E-state index contributed by atoms with van der Waals surface area (Å²) in [4.78, 5) is 19.2. The van der Waals surface area contributed by atoms with Crippen LogP contribution in [0.2, 0.25) is 0 Å². The van der Waals surface area contributed by atoms with Crippen LogP contribution in [0.1, 0.15) is 24.0 Å². The summed E-state index contributed by atoms with van der Waals surface area (Å²) in [5.74, 6) is 0.962. The highest BCUT2D eigenvalue weighted by Gasteiger charge is 2.28. The summed E-state index contributed by atoms with van der Waals surface area (Å²) in [6.07, 6.45) is 6.49. The average molecular weight is 351 g/mol. The second kappa shape index (κ2) is 7.87. The monoisotopic (exact) mass is 351 g/mol. The fourth-order valence-electron chi connectivity index (χ4n) is 3.80. The van der Waals surface area contributed by atoms with Gasteiger partial charge in [-0.2, -0.15) is 0 Å². The van der Waals surface area contributed by atoms with Crippen LogP contribution in [0.25, 0.3) is 0 Å². The van der Waals surface area contributed by atoms with Gasteiger partial charge in [-0.3, -0.25) is 14.7 Å². The zero-order valence-corrected chi connectivity index (χ0v) is 14.9. The molecule has 0 unspecified atom stereocenters. The molecule has 2 aromatic rings. The van der Waals surface area contributed by atoms with Gasteiger partial charge in [0.2, 0.25) is 5.91 Å². The molecule has 0 saturated carbocycles. The first-order valence-corrected chi connectivity index (χ1v) is 9.40. The Morgan fingerprint density at radius 3 is 2.85 bits per heavy atom. The lowest BCUT2D eigenvalue weighted by Crippen LogP contribution is -2.47. The van der Waals surface area contributed by atoms with Crippen molar-refractivity contribution in [3.63, 3.8) is 0 Å². The van der Waals surface area contributed by atoms with Gasteiger partial charge in [-0.25, -0.2) is 0 Å². The summed E-state index contributed by atoms with van der Waals surface area (Å²) in [6.45, 7) is 3.41. The number of para-hydroxylation sites is 1. The second-order valence-electron chi connectivity index (χ2n) is 7.24. The molecular weight excluding hydrogens is 326 g/mol. The molecule has 136 valence electrons. The third kappa shape index (κ3) is 4.05. The van der Waals surface area contributed by atoms with E-state index in [0.29, 0.717) is 6.61 Å². The normalized spacial score (nSPS) is 20.8. The van der Waals surface area contributed by atoms with E-state index >= 15 is 0 Å². The quantitative estimate of drug-likeness (QED) is 0.919. The van der Waals surface area contributed by atoms with Crippen LogP contribution in [0.15, 0.2) is 48.8 Å². The molecule has 1 aromatic heterocycles. The Kier molecular flexibility index (Phi) is 5.16. The molecule has 1 N–H and O–H groups in total. The van der Waals surface area contributed by atoms with E-state index in [1.165, 1.54) is 5.56 Å². The number of nitrogens with one attached hydrogen (secondary N) is 1. The van der Waals surface area contributed by atoms with Crippen LogP contribution in [0.3, 0.4) is 0 Å². The van der Waals surface area contributed by atoms with Gasteiger partial charge in [-0.15, -0.1) is 0 Å². The van der Waals surface area contributed by atoms with Crippen molar-refractivity contribution in [1.29, 1.82) is 0 Å². The standard InChI is InChI=1S/C21H25N3O2/c25-21(18-12-17-5-1-2-6-20(17)26-15-18)23-19-7-10-24(11-8-19)14-16-4-3-9-22-13-16/h1-6,9,13,18-19H,7-8,10-12,14-15H2,(H,23,25)/t18-/m1/s1. The fourth-order valence-corrected chi connectivity index (χ4v) is 3.80. The number of carbonyl (C=O) groups is 1. The van der Waals surface area contributed by atoms with Gasteiger partial charge in [-0.05, 0) is 42.5 Å². The maximum Gasteiger partial charge on any atom is 0.227 e. The molecule has 2 aliphatic rings. The number of ether oxygens (including phenoxy) is 1. The smallest absolute Gasteiger partial charge is 0.227 e. The van der Waals surface area contributed by atoms with Crippen LogP contribution in [0, 0.1) is 5.92 Å². The largest absolute Gasteiger partial charge is 0.492 e. The average Bonchev–Trinajstić information content (AvgIpc) is 2.70. The van der Waals surface area contributed by atoms with Crippen molar-refractivity contribution < 1.29 is 9.53 Å². The molecule has 26 heavy (non-hydrogen) atoms. The third-order valence-electron chi connectivity index (χ3n) is 5.31. The number of piperidine rings is 1. The number of benzene rings is 1. The first-order valence-electron chi connectivity index (χ1n) is 9.40. The predicted octanol–water partition coefficient (Wildman–Crippen LogP) is 2.41. The number of aromatic nitrogens is 1. The number of amides is 1. The lowest BCUT2D eigenvalue weighted by atomic mass is 9.95. The molecule has 5 heteroatoms. The van der Waals surface area contributed by atoms with Crippen molar-refractivity contribution in [3.8, 4) is 5.75 Å². The first-order chi connectivity index (χ1) is 12.8. The second-order valence-corrected chi connectivity index (χ2v) is 7.24. The molecule has 1 atom stereocenters. The van der Waals surface area contributed by atoms with Crippen molar-refractivity contribution in [2.45, 2.75) is 31.8 Å². The van der Waals surface area contributed by atoms with Crippen LogP contribution < -0.4 is 10.1 Å². The van der Waals surface area contributed by atoms with E-state index in [1.807, 2.05) is 36.5 Å². The minimum atomic E-state index is -0.0849. The Morgan fingerprint density at radius 1 is 1.19 bits per heavy atom. The zero-order chi connectivity index (χ0) is 17.8. The van der Waals surface area contributed by atoms with Gasteiger partial charge < -0.3 is 10.1 Å². The van der Waals surface area contributed by atoms with Gasteiger partial charge >= 0.3 is 0 Å². The van der Waals surface area contributed by atoms with Gasteiger partial charge in [0, 0.05) is 38.1 Å². The van der Waals surface area contributed by atoms with Crippen molar-refractivity contribution >= 4 is 5.91 Å². The van der Waals surface area contributed by atoms with E-state index in [0.717, 1.165) is 50.2 Å². The topological polar surface area (TPSA) is 54.5 Å². The zero-order valence-electron chi connectivity index (χ0n) is 14.9. The minimum Gasteiger partial charge on any atom is -0.492 e. The Hall–Kier alpha value is -2.40. The van der Waals surface area contributed by atoms with Crippen molar-refractivity contribution in [2.24, 2.45) is 5.92 Å². The maximum absolute atomic E-state index is 12.6. The SMILES string of the molecule is O=C(NC1CCN(Cc2cccnc2)CC1)[C@H]1COc2ccccc2C1. The summed E-state index contributed by atoms with van der Waals surface area (Å²) in [7, 11) is 0. The summed E-state index contributed by atoms with van der Waals surface area (Å²) >= 11 is 0. The number of nitrogens with zero attached hydrogens (tertiary/aromatic N) is 2. The molecule has 0 bridgehead atoms. The lowest BCUT2D eigenvalue weighted by Gasteiger charge is -2.33. The molecule has 5 nitrogen and oxygen atoms in total. The van der Waals surface area contributed by atoms with Crippen LogP contribution in [0.5, 0.6) is 5.75 Å². The number of hydrogen-bond donors (Lipinski definition) is 1. The van der Waals surface area contributed by atoms with Gasteiger partial charge in [0.1, 0.15) is 12.4 Å². The van der Waals surface area contributed by atoms with E-state index < -0.39 is 0 Å². The molecule has 4 rings (SSSR count). The molecule has 1 saturated heterocycles. The van der Waals surface area contributed by atoms with E-state index in [2.05, 4.69) is 21.3 Å². The van der Waals surface area contributed by atoms with Gasteiger partial charge in [-0.1, -0.05) is 24.3 Å². The Labute approximate surface area is 154 Å². The number of hydrogen-bond acceptors (Lipinski definition) is 4. The Bertz CT molecular complexity index is 742. The fraction of sp³-hybridized carbons (Fsp3) is 0.429. The third-order valence-corrected chi connectivity index (χ3v) is 5.31. The molecule has 2 aliphatic heterocycles. The van der Waals surface area contributed by atoms with Crippen molar-refractivity contribution in [3.05, 3.63) is 59.9 Å². The minimum absolute atomic E-state index is 0.0849. The first kappa shape index (κ1) is 17.0. The molecular formula is C21H25N3O2. The number of fused-ring (bicyclic) bond motifs is 1. The molecule has 1 fully saturated rings. The number of likely N-dealkylation sites (tertiary alicyclic amines) is 1. The molecule has 1 amide bonds. The van der Waals surface area contributed by atoms with Crippen LogP contribution >= 0.6 is 0 Å². The maximum atomic E-state index is 12.6. The number of rotatable bonds is 4. The van der Waals surface area contributed by atoms with E-state index in [1.54, 1.807) is 6.20 Å². The summed E-state index contributed by atoms with van der Waals surface area (Å²) < 4.78 is 5.75. The summed E-state index contributed by atoms with van der Waals surface area (Å²) in [5, 5.41) is 3.25. The predicted molar refractivity (Wildman–Crippen MR) is 99.8 cm³/mol. The van der Waals surface area contributed by atoms with Gasteiger partial charge in [0.15, 0.2) is 0 Å². The summed E-state index contributed by atoms with van der Waals surface area (Å²) in [5.41, 5.74) is 2.37. The Morgan fingerprint density at radius 2 is 2.04 bits per heavy atom. The van der Waals surface area contributed by atoms with E-state index in [9.17, 15) is 4.79 Å². The molecule has 0 spiro atoms. The number of carbonyl (C=O) groups excluding carboxylic acids is 1. The number of pyridine rings is 1. The van der Waals surface area contributed by atoms with Crippen LogP contribution in [0.4, 0.5) is 0 Å². The highest BCUT2D eigenvalue weighted by molar-refractivity contribution is 5.80. The van der Waals surface area contributed by atoms with E-state index in [-0.39, 0.29) is 17.9 Å². The Balaban J connectivity index is 1.25. The van der Waals surface area contributed by atoms with Crippen LogP contribution in [-0.4, -0.2) is 41.5 Å².